The van der Waals surface area contributed by atoms with Crippen LogP contribution in [0.5, 0.6) is 29.4 Å². The number of rotatable bonds is 11. The van der Waals surface area contributed by atoms with Crippen molar-refractivity contribution in [1.82, 2.24) is 58.3 Å². The first-order chi connectivity index (χ1) is 59.2. The van der Waals surface area contributed by atoms with Gasteiger partial charge >= 0.3 is 12.1 Å². The zero-order valence-corrected chi connectivity index (χ0v) is 72.0. The number of benzene rings is 6. The van der Waals surface area contributed by atoms with Crippen molar-refractivity contribution in [2.75, 3.05) is 55.7 Å². The predicted molar refractivity (Wildman–Crippen MR) is 459 cm³/mol. The van der Waals surface area contributed by atoms with Crippen molar-refractivity contribution in [3.63, 3.8) is 0 Å². The van der Waals surface area contributed by atoms with Crippen LogP contribution in [0, 0.1) is 22.2 Å². The van der Waals surface area contributed by atoms with Crippen LogP contribution in [-0.4, -0.2) is 132 Å². The van der Waals surface area contributed by atoms with Gasteiger partial charge in [0.25, 0.3) is 10.1 Å². The van der Waals surface area contributed by atoms with Crippen molar-refractivity contribution in [2.45, 2.75) is 169 Å². The second-order valence-electron chi connectivity index (χ2n) is 30.8. The molecule has 648 valence electrons. The molecule has 0 bridgehead atoms. The van der Waals surface area contributed by atoms with Gasteiger partial charge in [-0.2, -0.15) is 38.3 Å². The molecule has 31 nitrogen and oxygen atoms in total. The maximum absolute atomic E-state index is 14.8. The van der Waals surface area contributed by atoms with Crippen LogP contribution >= 0.6 is 15.9 Å². The second kappa shape index (κ2) is 35.5. The second-order valence-corrected chi connectivity index (χ2v) is 38.6. The van der Waals surface area contributed by atoms with E-state index < -0.39 is 57.3 Å². The average molecular weight is 1830 g/mol. The van der Waals surface area contributed by atoms with E-state index in [1.807, 2.05) is 106 Å². The third-order valence-corrected chi connectivity index (χ3v) is 27.9. The van der Waals surface area contributed by atoms with Crippen molar-refractivity contribution in [3.8, 4) is 29.4 Å². The minimum Gasteiger partial charge on any atom is -0.476 e. The number of anilines is 3. The lowest BCUT2D eigenvalue weighted by molar-refractivity contribution is 0.256. The number of carbonyl (C=O) groups excluding carboxylic acids is 2. The molecule has 10 N–H and O–H groups in total. The molecule has 5 aliphatic heterocycles. The third-order valence-electron chi connectivity index (χ3n) is 23.0. The van der Waals surface area contributed by atoms with Gasteiger partial charge in [0.2, 0.25) is 29.4 Å². The first-order valence-corrected chi connectivity index (χ1v) is 48.0. The van der Waals surface area contributed by atoms with Crippen molar-refractivity contribution < 1.29 is 72.0 Å². The predicted octanol–water partition coefficient (Wildman–Crippen LogP) is 11.9. The Morgan fingerprint density at radius 3 is 1.21 bits per heavy atom. The maximum atomic E-state index is 14.8. The fraction of sp³-hybridized carbons (Fsp3) is 0.357. The molecule has 11 aliphatic rings. The van der Waals surface area contributed by atoms with E-state index in [1.165, 1.54) is 23.3 Å². The number of urea groups is 2. The minimum atomic E-state index is -3.67. The molecule has 0 saturated heterocycles. The lowest BCUT2D eigenvalue weighted by atomic mass is 9.78. The van der Waals surface area contributed by atoms with Gasteiger partial charge < -0.3 is 40.1 Å². The van der Waals surface area contributed by atoms with E-state index in [-0.39, 0.29) is 33.1 Å². The van der Waals surface area contributed by atoms with E-state index in [2.05, 4.69) is 67.4 Å². The summed E-state index contributed by atoms with van der Waals surface area (Å²) in [7, 11) is -13.8. The third kappa shape index (κ3) is 17.6. The number of aromatic nitrogens is 10. The molecule has 11 aromatic rings. The molecule has 0 spiro atoms. The van der Waals surface area contributed by atoms with Gasteiger partial charge in [0.15, 0.2) is 9.92 Å². The SMILES string of the molecule is Brc1cnn2c1OCC2.C=S(=O)(NC(=O)Nc1c2c(c(F)c3c1CCC3)CCC2)c1cnn2c1OCC2.CS(=O)(=O)O.N=S(=O)(NC(=O)Nc1c2c(c(F)c3c1CCC3)CCC2)c1cnn2c1OCC2.NS(=O)(=NC(c1ccccc1)(c1ccccc1)c1ccccc1)c1cnn2c1OCC2.Nc1c2c(c(F)c3c1CCC3)CCC2.c1cc2n(n1)CCO2. The number of fused-ring (bicyclic) bond motifs is 11. The number of hydrogen-bond acceptors (Lipinski definition) is 20. The number of nitrogens with two attached hydrogens (primary N) is 2. The summed E-state index contributed by atoms with van der Waals surface area (Å²) in [6.07, 6.45) is 23.3. The molecule has 0 radical (unpaired) electrons. The Kier molecular flexibility index (Phi) is 24.7. The molecular formula is C84H92BrF3N18O13S4. The zero-order chi connectivity index (χ0) is 86.1. The number of nitrogens with one attached hydrogen (secondary N) is 5. The van der Waals surface area contributed by atoms with Crippen LogP contribution in [0.4, 0.5) is 39.8 Å². The lowest BCUT2D eigenvalue weighted by Gasteiger charge is -2.32. The fourth-order valence-electron chi connectivity index (χ4n) is 17.7. The number of hydrogen-bond donors (Lipinski definition) is 8. The van der Waals surface area contributed by atoms with Gasteiger partial charge in [0, 0.05) is 23.1 Å². The Hall–Kier alpha value is -11.2. The Morgan fingerprint density at radius 2 is 0.797 bits per heavy atom. The van der Waals surface area contributed by atoms with Crippen molar-refractivity contribution in [1.29, 1.82) is 4.78 Å². The van der Waals surface area contributed by atoms with E-state index in [4.69, 9.17) is 48.3 Å². The summed E-state index contributed by atoms with van der Waals surface area (Å²) in [6, 6.07) is 29.9. The smallest absolute Gasteiger partial charge is 0.331 e. The standard InChI is InChI=1S/C24H22N4O2S.C19H21FN4O3S.C18H20FN5O3S.C12H14FN.C5H5BrN2O.C5H6N2O.CH4O3S/c25-31(29,22-18-26-28-16-17-30-23(22)28)27-24(19-10-4-1-5-11-19,20-12-6-2-7-13-20)21-14-8-3-9-15-21;1-28(26,15-10-21-24-8-9-27-18(15)24)23-19(25)22-17-13-6-2-4-11(13)16(20)12-5-3-7-14(12)17;19-15-10-3-1-5-12(10)16(13-6-2-4-11(13)15)22-18(25)23-28(20,26)14-9-21-24-7-8-27-17(14)24;13-11-7-3-1-5-9(7)12(14)10-6-2-4-8(10)11;6-4-3-7-8-1-2-9-5(4)8;1-2-6-7-3-4-8-5(1)7;1-5(2,3)4/h1-15,18H,16-17H2,(H2,25,27,29);10H,1-9H2,(H2,22,23,25,26);9H,1-8H2,(H3,20,22,23,25,26);1-6,14H2;3H,1-2H2;1-2H,3-4H2;1H3,(H,2,3,4). The molecule has 6 aromatic carbocycles. The van der Waals surface area contributed by atoms with Gasteiger partial charge in [-0.3, -0.25) is 9.27 Å². The first kappa shape index (κ1) is 85.3. The molecule has 22 rings (SSSR count). The van der Waals surface area contributed by atoms with Gasteiger partial charge in [-0.15, -0.1) is 0 Å². The minimum absolute atomic E-state index is 0.0507. The molecule has 3 unspecified atom stereocenters. The van der Waals surface area contributed by atoms with Gasteiger partial charge in [-0.1, -0.05) is 91.0 Å². The summed E-state index contributed by atoms with van der Waals surface area (Å²) in [5.74, 6) is 6.35. The van der Waals surface area contributed by atoms with Crippen molar-refractivity contribution in [3.05, 3.63) is 233 Å². The lowest BCUT2D eigenvalue weighted by Crippen LogP contribution is -2.35. The summed E-state index contributed by atoms with van der Waals surface area (Å²) >= 11 is 3.31. The molecule has 10 heterocycles. The quantitative estimate of drug-likeness (QED) is 0.0258. The summed E-state index contributed by atoms with van der Waals surface area (Å²) in [6.45, 7) is 6.33. The largest absolute Gasteiger partial charge is 0.476 e. The van der Waals surface area contributed by atoms with Crippen LogP contribution < -0.4 is 54.6 Å². The summed E-state index contributed by atoms with van der Waals surface area (Å²) in [4.78, 5) is 26.0. The van der Waals surface area contributed by atoms with Gasteiger partial charge in [0.05, 0.1) is 84.1 Å². The molecule has 6 aliphatic carbocycles. The molecule has 0 fully saturated rings. The van der Waals surface area contributed by atoms with E-state index in [0.29, 0.717) is 135 Å². The van der Waals surface area contributed by atoms with Crippen LogP contribution in [0.15, 0.2) is 152 Å². The number of halogens is 4. The molecule has 39 heteroatoms. The molecule has 123 heavy (non-hydrogen) atoms. The van der Waals surface area contributed by atoms with E-state index in [9.17, 15) is 43.8 Å². The normalized spacial score (nSPS) is 17.0. The molecule has 3 atom stereocenters. The Labute approximate surface area is 717 Å². The number of ether oxygens (including phenoxy) is 5. The van der Waals surface area contributed by atoms with Crippen LogP contribution in [0.25, 0.3) is 0 Å². The topological polar surface area (TPSA) is 411 Å². The monoisotopic (exact) mass is 1820 g/mol. The van der Waals surface area contributed by atoms with Crippen LogP contribution in [-0.2, 0) is 155 Å². The summed E-state index contributed by atoms with van der Waals surface area (Å²) < 4.78 is 163. The van der Waals surface area contributed by atoms with Crippen molar-refractivity contribution >= 4 is 90.6 Å². The number of nitrogen functional groups attached to an aromatic ring is 1. The maximum Gasteiger partial charge on any atom is 0.331 e. The van der Waals surface area contributed by atoms with Crippen LogP contribution in [0.3, 0.4) is 0 Å². The number of amides is 4. The highest BCUT2D eigenvalue weighted by Gasteiger charge is 2.41. The van der Waals surface area contributed by atoms with Gasteiger partial charge in [0.1, 0.15) is 80.6 Å². The van der Waals surface area contributed by atoms with E-state index in [0.717, 1.165) is 186 Å². The van der Waals surface area contributed by atoms with Gasteiger partial charge in [-0.25, -0.2) is 73.4 Å². The van der Waals surface area contributed by atoms with Crippen LogP contribution in [0.1, 0.15) is 122 Å². The number of nitrogens with zero attached hydrogens (tertiary/aromatic N) is 11. The Bertz CT molecular complexity index is 5960. The Balaban J connectivity index is 0.000000114. The molecule has 5 aromatic heterocycles. The van der Waals surface area contributed by atoms with Crippen LogP contribution in [0.2, 0.25) is 0 Å². The molecule has 0 saturated carbocycles. The zero-order valence-electron chi connectivity index (χ0n) is 67.2. The molecular weight excluding hydrogens is 1730 g/mol. The average Bonchev–Trinajstić information content (AvgIpc) is 1.27. The first-order valence-electron chi connectivity index (χ1n) is 40.5. The molecule has 4 amide bonds. The van der Waals surface area contributed by atoms with E-state index in [1.54, 1.807) is 21.8 Å². The highest BCUT2D eigenvalue weighted by molar-refractivity contribution is 9.10. The van der Waals surface area contributed by atoms with Gasteiger partial charge in [-0.05, 0) is 221 Å². The number of carbonyl (C=O) groups is 2. The van der Waals surface area contributed by atoms with Crippen molar-refractivity contribution in [2.24, 2.45) is 9.50 Å². The summed E-state index contributed by atoms with van der Waals surface area (Å²) in [5.41, 5.74) is 20.1. The van der Waals surface area contributed by atoms with E-state index >= 15 is 0 Å². The highest BCUT2D eigenvalue weighted by Crippen LogP contribution is 2.47. The highest BCUT2D eigenvalue weighted by atomic mass is 79.9. The Morgan fingerprint density at radius 1 is 0.472 bits per heavy atom. The fourth-order valence-corrected chi connectivity index (χ4v) is 21.6. The summed E-state index contributed by atoms with van der Waals surface area (Å²) in [5, 5.41) is 32.6.